The molecule has 16 heavy (non-hydrogen) atoms. The number of nitrogens with one attached hydrogen (secondary N) is 1. The lowest BCUT2D eigenvalue weighted by molar-refractivity contribution is 0.198. The van der Waals surface area contributed by atoms with E-state index in [1.165, 1.54) is 0 Å². The molecule has 1 aromatic heterocycles. The monoisotopic (exact) mass is 227 g/mol. The highest BCUT2D eigenvalue weighted by Crippen LogP contribution is 2.18. The number of methoxy groups -OCH3 is 1. The van der Waals surface area contributed by atoms with E-state index in [9.17, 15) is 0 Å². The second-order valence-corrected chi connectivity index (χ2v) is 4.34. The predicted molar refractivity (Wildman–Crippen MR) is 61.0 cm³/mol. The van der Waals surface area contributed by atoms with Crippen molar-refractivity contribution in [3.63, 3.8) is 0 Å². The summed E-state index contributed by atoms with van der Waals surface area (Å²) in [4.78, 5) is 0. The van der Waals surface area contributed by atoms with Crippen molar-refractivity contribution in [3.05, 3.63) is 5.82 Å². The fourth-order valence-corrected chi connectivity index (χ4v) is 1.31. The van der Waals surface area contributed by atoms with Gasteiger partial charge in [-0.15, -0.1) is 5.10 Å². The van der Waals surface area contributed by atoms with E-state index in [2.05, 4.69) is 41.6 Å². The average Bonchev–Trinajstić information content (AvgIpc) is 2.73. The summed E-state index contributed by atoms with van der Waals surface area (Å²) in [5, 5.41) is 15.0. The number of hydrogen-bond acceptors (Lipinski definition) is 5. The summed E-state index contributed by atoms with van der Waals surface area (Å²) >= 11 is 0. The van der Waals surface area contributed by atoms with Gasteiger partial charge < -0.3 is 10.1 Å². The molecule has 0 aliphatic carbocycles. The van der Waals surface area contributed by atoms with Crippen molar-refractivity contribution in [2.75, 3.05) is 20.3 Å². The van der Waals surface area contributed by atoms with Gasteiger partial charge in [-0.3, -0.25) is 0 Å². The molecule has 1 heterocycles. The van der Waals surface area contributed by atoms with Gasteiger partial charge in [-0.25, -0.2) is 4.68 Å². The highest BCUT2D eigenvalue weighted by molar-refractivity contribution is 4.87. The first-order valence-corrected chi connectivity index (χ1v) is 5.59. The standard InChI is InChI=1S/C10H21N5O/c1-5-10(2,3)15-9(12-13-14-15)8-11-6-7-16-4/h11H,5-8H2,1-4H3. The summed E-state index contributed by atoms with van der Waals surface area (Å²) in [5.74, 6) is 0.864. The van der Waals surface area contributed by atoms with Crippen molar-refractivity contribution >= 4 is 0 Å². The molecule has 0 saturated carbocycles. The van der Waals surface area contributed by atoms with Crippen LogP contribution in [0, 0.1) is 0 Å². The molecule has 0 aromatic carbocycles. The smallest absolute Gasteiger partial charge is 0.165 e. The first kappa shape index (κ1) is 13.1. The van der Waals surface area contributed by atoms with Crippen molar-refractivity contribution < 1.29 is 4.74 Å². The van der Waals surface area contributed by atoms with E-state index in [-0.39, 0.29) is 5.54 Å². The third-order valence-electron chi connectivity index (χ3n) is 2.74. The Bertz CT molecular complexity index is 310. The molecule has 0 saturated heterocycles. The van der Waals surface area contributed by atoms with Gasteiger partial charge in [-0.1, -0.05) is 6.92 Å². The van der Waals surface area contributed by atoms with Crippen LogP contribution in [0.3, 0.4) is 0 Å². The van der Waals surface area contributed by atoms with E-state index in [0.29, 0.717) is 13.2 Å². The van der Waals surface area contributed by atoms with E-state index in [1.807, 2.05) is 4.68 Å². The Labute approximate surface area is 96.4 Å². The maximum Gasteiger partial charge on any atom is 0.165 e. The van der Waals surface area contributed by atoms with Crippen LogP contribution in [0.2, 0.25) is 0 Å². The van der Waals surface area contributed by atoms with E-state index < -0.39 is 0 Å². The molecule has 6 nitrogen and oxygen atoms in total. The van der Waals surface area contributed by atoms with Crippen LogP contribution < -0.4 is 5.32 Å². The van der Waals surface area contributed by atoms with Crippen molar-refractivity contribution in [2.24, 2.45) is 0 Å². The normalized spacial score (nSPS) is 12.0. The quantitative estimate of drug-likeness (QED) is 0.689. The second-order valence-electron chi connectivity index (χ2n) is 4.34. The summed E-state index contributed by atoms with van der Waals surface area (Å²) in [6.45, 7) is 8.54. The molecular formula is C10H21N5O. The second kappa shape index (κ2) is 5.91. The minimum atomic E-state index is -0.0399. The molecular weight excluding hydrogens is 206 g/mol. The molecule has 1 aromatic rings. The van der Waals surface area contributed by atoms with Crippen LogP contribution in [0.4, 0.5) is 0 Å². The number of aromatic nitrogens is 4. The summed E-state index contributed by atoms with van der Waals surface area (Å²) in [6, 6.07) is 0. The van der Waals surface area contributed by atoms with Crippen molar-refractivity contribution in [1.82, 2.24) is 25.5 Å². The molecule has 0 bridgehead atoms. The van der Waals surface area contributed by atoms with E-state index in [1.54, 1.807) is 7.11 Å². The number of tetrazole rings is 1. The fraction of sp³-hybridized carbons (Fsp3) is 0.900. The average molecular weight is 227 g/mol. The van der Waals surface area contributed by atoms with Gasteiger partial charge in [0.05, 0.1) is 18.7 Å². The first-order chi connectivity index (χ1) is 7.61. The lowest BCUT2D eigenvalue weighted by Crippen LogP contribution is -2.31. The summed E-state index contributed by atoms with van der Waals surface area (Å²) in [7, 11) is 1.69. The van der Waals surface area contributed by atoms with Gasteiger partial charge in [-0.05, 0) is 30.7 Å². The molecule has 6 heteroatoms. The number of ether oxygens (including phenoxy) is 1. The first-order valence-electron chi connectivity index (χ1n) is 5.59. The minimum absolute atomic E-state index is 0.0399. The topological polar surface area (TPSA) is 64.9 Å². The van der Waals surface area contributed by atoms with Crippen molar-refractivity contribution in [2.45, 2.75) is 39.3 Å². The molecule has 0 atom stereocenters. The van der Waals surface area contributed by atoms with Crippen molar-refractivity contribution in [3.8, 4) is 0 Å². The van der Waals surface area contributed by atoms with Crippen LogP contribution >= 0.6 is 0 Å². The van der Waals surface area contributed by atoms with Gasteiger partial charge in [0.1, 0.15) is 0 Å². The summed E-state index contributed by atoms with van der Waals surface area (Å²) < 4.78 is 6.84. The molecule has 0 aliphatic rings. The Morgan fingerprint density at radius 3 is 2.81 bits per heavy atom. The zero-order chi connectivity index (χ0) is 12.0. The number of nitrogens with zero attached hydrogens (tertiary/aromatic N) is 4. The van der Waals surface area contributed by atoms with Crippen LogP contribution in [0.15, 0.2) is 0 Å². The molecule has 0 aliphatic heterocycles. The Kier molecular flexibility index (Phi) is 4.82. The molecule has 1 N–H and O–H groups in total. The van der Waals surface area contributed by atoms with Crippen LogP contribution in [-0.2, 0) is 16.8 Å². The molecule has 0 amide bonds. The van der Waals surface area contributed by atoms with Gasteiger partial charge in [0.15, 0.2) is 5.82 Å². The zero-order valence-electron chi connectivity index (χ0n) is 10.5. The summed E-state index contributed by atoms with van der Waals surface area (Å²) in [6.07, 6.45) is 0.989. The Morgan fingerprint density at radius 1 is 1.44 bits per heavy atom. The highest BCUT2D eigenvalue weighted by atomic mass is 16.5. The third kappa shape index (κ3) is 3.24. The maximum absolute atomic E-state index is 4.96. The molecule has 0 fully saturated rings. The molecule has 1 rings (SSSR count). The van der Waals surface area contributed by atoms with Gasteiger partial charge in [0.25, 0.3) is 0 Å². The largest absolute Gasteiger partial charge is 0.383 e. The molecule has 0 radical (unpaired) electrons. The Balaban J connectivity index is 2.57. The number of hydrogen-bond donors (Lipinski definition) is 1. The number of rotatable bonds is 7. The Morgan fingerprint density at radius 2 is 2.19 bits per heavy atom. The zero-order valence-corrected chi connectivity index (χ0v) is 10.5. The maximum atomic E-state index is 4.96. The van der Waals surface area contributed by atoms with E-state index in [0.717, 1.165) is 18.8 Å². The van der Waals surface area contributed by atoms with Gasteiger partial charge in [0.2, 0.25) is 0 Å². The molecule has 0 spiro atoms. The molecule has 92 valence electrons. The van der Waals surface area contributed by atoms with Crippen LogP contribution in [0.1, 0.15) is 33.0 Å². The van der Waals surface area contributed by atoms with Crippen LogP contribution in [0.5, 0.6) is 0 Å². The minimum Gasteiger partial charge on any atom is -0.383 e. The Hall–Kier alpha value is -1.01. The van der Waals surface area contributed by atoms with E-state index >= 15 is 0 Å². The highest BCUT2D eigenvalue weighted by Gasteiger charge is 2.22. The SMILES string of the molecule is CCC(C)(C)n1nnnc1CNCCOC. The van der Waals surface area contributed by atoms with Gasteiger partial charge in [0, 0.05) is 13.7 Å². The third-order valence-corrected chi connectivity index (χ3v) is 2.74. The summed E-state index contributed by atoms with van der Waals surface area (Å²) in [5.41, 5.74) is -0.0399. The predicted octanol–water partition coefficient (Wildman–Crippen LogP) is 0.554. The fourth-order valence-electron chi connectivity index (χ4n) is 1.31. The van der Waals surface area contributed by atoms with Crippen LogP contribution in [-0.4, -0.2) is 40.5 Å². The lowest BCUT2D eigenvalue weighted by Gasteiger charge is -2.23. The lowest BCUT2D eigenvalue weighted by atomic mass is 10.0. The molecule has 0 unspecified atom stereocenters. The van der Waals surface area contributed by atoms with Gasteiger partial charge in [-0.2, -0.15) is 0 Å². The van der Waals surface area contributed by atoms with Crippen molar-refractivity contribution in [1.29, 1.82) is 0 Å². The van der Waals surface area contributed by atoms with Gasteiger partial charge >= 0.3 is 0 Å². The van der Waals surface area contributed by atoms with Crippen LogP contribution in [0.25, 0.3) is 0 Å². The van der Waals surface area contributed by atoms with E-state index in [4.69, 9.17) is 4.74 Å².